The van der Waals surface area contributed by atoms with Crippen LogP contribution in [0.2, 0.25) is 0 Å². The normalized spacial score (nSPS) is 11.5. The maximum Gasteiger partial charge on any atom is 0.168 e. The highest BCUT2D eigenvalue weighted by molar-refractivity contribution is 5.76. The van der Waals surface area contributed by atoms with E-state index in [0.717, 1.165) is 18.5 Å². The Morgan fingerprint density at radius 3 is 2.14 bits per heavy atom. The lowest BCUT2D eigenvalue weighted by Gasteiger charge is -2.01. The van der Waals surface area contributed by atoms with Gasteiger partial charge in [-0.3, -0.25) is 19.8 Å². The van der Waals surface area contributed by atoms with E-state index in [-0.39, 0.29) is 0 Å². The first kappa shape index (κ1) is 16.7. The molecule has 1 atom stereocenters. The molecule has 0 aromatic carbocycles. The minimum atomic E-state index is 0.479. The quantitative estimate of drug-likeness (QED) is 0.624. The van der Waals surface area contributed by atoms with Gasteiger partial charge in [-0.1, -0.05) is 32.4 Å². The molecule has 0 bridgehead atoms. The molecule has 0 amide bonds. The summed E-state index contributed by atoms with van der Waals surface area (Å²) in [6.45, 7) is 5.28. The van der Waals surface area contributed by atoms with Crippen LogP contribution in [0.25, 0.3) is 0 Å². The number of nitrogens with zero attached hydrogens (tertiary/aromatic N) is 3. The molecule has 1 unspecified atom stereocenters. The summed E-state index contributed by atoms with van der Waals surface area (Å²) in [6.07, 6.45) is 7.11. The largest absolute Gasteiger partial charge is 0.296 e. The van der Waals surface area contributed by atoms with Crippen molar-refractivity contribution in [1.82, 2.24) is 9.97 Å². The number of carbonyl (C=O) groups is 1. The lowest BCUT2D eigenvalue weighted by Crippen LogP contribution is -1.97. The van der Waals surface area contributed by atoms with Crippen LogP contribution in [0.3, 0.4) is 0 Å². The van der Waals surface area contributed by atoms with Crippen LogP contribution in [-0.2, 0) is 0 Å². The first-order chi connectivity index (χ1) is 10.3. The predicted octanol–water partition coefficient (Wildman–Crippen LogP) is 3.44. The Kier molecular flexibility index (Phi) is 8.29. The van der Waals surface area contributed by atoms with Crippen LogP contribution in [0.5, 0.6) is 0 Å². The third-order valence-corrected chi connectivity index (χ3v) is 2.83. The van der Waals surface area contributed by atoms with E-state index >= 15 is 0 Å². The van der Waals surface area contributed by atoms with Gasteiger partial charge in [0, 0.05) is 25.2 Å². The van der Waals surface area contributed by atoms with Gasteiger partial charge >= 0.3 is 0 Å². The van der Waals surface area contributed by atoms with Gasteiger partial charge in [-0.05, 0) is 30.2 Å². The average Bonchev–Trinajstić information content (AvgIpc) is 2.57. The molecule has 2 rings (SSSR count). The zero-order valence-corrected chi connectivity index (χ0v) is 12.5. The van der Waals surface area contributed by atoms with Crippen molar-refractivity contribution in [3.8, 4) is 0 Å². The Hall–Kier alpha value is -2.36. The monoisotopic (exact) mass is 283 g/mol. The predicted molar refractivity (Wildman–Crippen MR) is 85.8 cm³/mol. The molecule has 2 heterocycles. The molecular weight excluding hydrogens is 262 g/mol. The molecule has 4 nitrogen and oxygen atoms in total. The summed E-state index contributed by atoms with van der Waals surface area (Å²) in [4.78, 5) is 22.2. The number of pyridine rings is 2. The third-order valence-electron chi connectivity index (χ3n) is 2.83. The van der Waals surface area contributed by atoms with E-state index < -0.39 is 0 Å². The van der Waals surface area contributed by atoms with Crippen molar-refractivity contribution in [2.24, 2.45) is 10.9 Å². The summed E-state index contributed by atoms with van der Waals surface area (Å²) in [5.41, 5.74) is 1.42. The number of hydrogen-bond donors (Lipinski definition) is 0. The van der Waals surface area contributed by atoms with Crippen LogP contribution in [0.1, 0.15) is 36.5 Å². The molecule has 110 valence electrons. The third kappa shape index (κ3) is 7.72. The van der Waals surface area contributed by atoms with Crippen molar-refractivity contribution in [2.45, 2.75) is 20.3 Å². The van der Waals surface area contributed by atoms with Gasteiger partial charge in [0.2, 0.25) is 0 Å². The number of hydrogen-bond acceptors (Lipinski definition) is 4. The summed E-state index contributed by atoms with van der Waals surface area (Å²) in [6, 6.07) is 11.0. The van der Waals surface area contributed by atoms with Crippen molar-refractivity contribution in [2.75, 3.05) is 6.54 Å². The molecule has 0 fully saturated rings. The van der Waals surface area contributed by atoms with Crippen molar-refractivity contribution in [1.29, 1.82) is 0 Å². The second-order valence-electron chi connectivity index (χ2n) is 4.63. The Morgan fingerprint density at radius 2 is 1.71 bits per heavy atom. The van der Waals surface area contributed by atoms with E-state index in [1.807, 2.05) is 24.4 Å². The molecule has 0 N–H and O–H groups in total. The number of aromatic nitrogens is 2. The first-order valence-corrected chi connectivity index (χ1v) is 7.03. The van der Waals surface area contributed by atoms with E-state index in [1.54, 1.807) is 30.6 Å². The Labute approximate surface area is 126 Å². The van der Waals surface area contributed by atoms with Crippen LogP contribution in [0, 0.1) is 5.92 Å². The Bertz CT molecular complexity index is 526. The Balaban J connectivity index is 0.000000235. The summed E-state index contributed by atoms with van der Waals surface area (Å²) < 4.78 is 0. The molecular formula is C17H21N3O. The fraction of sp³-hybridized carbons (Fsp3) is 0.294. The first-order valence-electron chi connectivity index (χ1n) is 7.03. The highest BCUT2D eigenvalue weighted by Gasteiger charge is 1.94. The molecule has 2 aromatic heterocycles. The molecule has 0 aliphatic carbocycles. The van der Waals surface area contributed by atoms with Gasteiger partial charge in [-0.2, -0.15) is 0 Å². The van der Waals surface area contributed by atoms with Crippen LogP contribution in [0.15, 0.2) is 53.8 Å². The second kappa shape index (κ2) is 10.4. The number of carbonyl (C=O) groups excluding carboxylic acids is 1. The van der Waals surface area contributed by atoms with Crippen LogP contribution in [-0.4, -0.2) is 29.0 Å². The van der Waals surface area contributed by atoms with Crippen molar-refractivity contribution in [3.05, 3.63) is 60.2 Å². The van der Waals surface area contributed by atoms with Gasteiger partial charge in [0.05, 0.1) is 5.69 Å². The van der Waals surface area contributed by atoms with Crippen LogP contribution in [0.4, 0.5) is 0 Å². The van der Waals surface area contributed by atoms with Crippen molar-refractivity contribution in [3.63, 3.8) is 0 Å². The second-order valence-corrected chi connectivity index (χ2v) is 4.63. The summed E-state index contributed by atoms with van der Waals surface area (Å²) in [5, 5.41) is 0. The Morgan fingerprint density at radius 1 is 1.10 bits per heavy atom. The van der Waals surface area contributed by atoms with Crippen LogP contribution < -0.4 is 0 Å². The molecule has 2 aromatic rings. The molecule has 0 saturated carbocycles. The van der Waals surface area contributed by atoms with Crippen molar-refractivity contribution < 1.29 is 4.79 Å². The smallest absolute Gasteiger partial charge is 0.168 e. The molecule has 0 saturated heterocycles. The minimum Gasteiger partial charge on any atom is -0.296 e. The van der Waals surface area contributed by atoms with Gasteiger partial charge in [0.1, 0.15) is 5.69 Å². The van der Waals surface area contributed by atoms with Gasteiger partial charge < -0.3 is 0 Å². The van der Waals surface area contributed by atoms with E-state index in [9.17, 15) is 4.79 Å². The maximum absolute atomic E-state index is 9.94. The highest BCUT2D eigenvalue weighted by Crippen LogP contribution is 2.00. The molecule has 21 heavy (non-hydrogen) atoms. The fourth-order valence-electron chi connectivity index (χ4n) is 1.35. The van der Waals surface area contributed by atoms with Gasteiger partial charge in [0.15, 0.2) is 6.29 Å². The summed E-state index contributed by atoms with van der Waals surface area (Å²) in [7, 11) is 0. The number of aliphatic imine (C=N–C) groups is 1. The molecule has 0 spiro atoms. The fourth-order valence-corrected chi connectivity index (χ4v) is 1.35. The van der Waals surface area contributed by atoms with Gasteiger partial charge in [-0.15, -0.1) is 0 Å². The van der Waals surface area contributed by atoms with Gasteiger partial charge in [-0.25, -0.2) is 0 Å². The number of aldehydes is 1. The van der Waals surface area contributed by atoms with E-state index in [0.29, 0.717) is 11.6 Å². The standard InChI is InChI=1S/C11H16N2.C6H5NO/c1-3-10(2)8-12-9-11-6-4-5-7-13-11;8-5-6-3-1-2-4-7-6/h4-7,9-10H,3,8H2,1-2H3;1-5H/b12-9+;. The highest BCUT2D eigenvalue weighted by atomic mass is 16.1. The number of rotatable bonds is 5. The van der Waals surface area contributed by atoms with Crippen molar-refractivity contribution >= 4 is 12.5 Å². The van der Waals surface area contributed by atoms with Gasteiger partial charge in [0.25, 0.3) is 0 Å². The van der Waals surface area contributed by atoms with E-state index in [2.05, 4.69) is 28.8 Å². The molecule has 0 radical (unpaired) electrons. The van der Waals surface area contributed by atoms with Crippen LogP contribution >= 0.6 is 0 Å². The average molecular weight is 283 g/mol. The molecule has 4 heteroatoms. The molecule has 0 aliphatic heterocycles. The van der Waals surface area contributed by atoms with E-state index in [1.165, 1.54) is 6.42 Å². The lowest BCUT2D eigenvalue weighted by molar-refractivity contribution is 0.111. The van der Waals surface area contributed by atoms with E-state index in [4.69, 9.17) is 0 Å². The zero-order valence-electron chi connectivity index (χ0n) is 12.5. The maximum atomic E-state index is 9.94. The zero-order chi connectivity index (χ0) is 15.3. The molecule has 0 aliphatic rings. The summed E-state index contributed by atoms with van der Waals surface area (Å²) >= 11 is 0. The summed E-state index contributed by atoms with van der Waals surface area (Å²) in [5.74, 6) is 0.667. The SMILES string of the molecule is CCC(C)C/N=C/c1ccccn1.O=Cc1ccccn1. The lowest BCUT2D eigenvalue weighted by atomic mass is 10.1. The minimum absolute atomic E-state index is 0.479. The topological polar surface area (TPSA) is 55.2 Å².